The second-order valence-electron chi connectivity index (χ2n) is 2.14. The van der Waals surface area contributed by atoms with Gasteiger partial charge in [-0.15, -0.1) is 0 Å². The molecule has 0 aromatic carbocycles. The molecule has 2 heterocycles. The Morgan fingerprint density at radius 2 is 2.60 bits per heavy atom. The molecule has 10 heavy (non-hydrogen) atoms. The molecule has 4 nitrogen and oxygen atoms in total. The summed E-state index contributed by atoms with van der Waals surface area (Å²) in [4.78, 5) is 10.9. The van der Waals surface area contributed by atoms with E-state index in [0.717, 1.165) is 11.3 Å². The molecule has 54 valence electrons. The molecular weight excluding hydrogens is 152 g/mol. The molecule has 1 aliphatic rings. The fourth-order valence-electron chi connectivity index (χ4n) is 0.828. The van der Waals surface area contributed by atoms with E-state index in [-0.39, 0.29) is 10.9 Å². The smallest absolute Gasteiger partial charge is 0.325 e. The Bertz CT molecular complexity index is 275. The molecule has 0 bridgehead atoms. The van der Waals surface area contributed by atoms with Gasteiger partial charge in [0.05, 0.1) is 13.2 Å². The molecular formula is C5H6N2O2S. The van der Waals surface area contributed by atoms with Gasteiger partial charge in [0.2, 0.25) is 0 Å². The molecule has 0 N–H and O–H groups in total. The van der Waals surface area contributed by atoms with E-state index in [4.69, 9.17) is 4.74 Å². The minimum absolute atomic E-state index is 0.00769. The number of nitrogens with zero attached hydrogens (tertiary/aromatic N) is 2. The van der Waals surface area contributed by atoms with Crippen LogP contribution in [0, 0.1) is 0 Å². The first-order valence-electron chi connectivity index (χ1n) is 2.98. The van der Waals surface area contributed by atoms with Crippen molar-refractivity contribution in [2.45, 2.75) is 6.04 Å². The normalized spacial score (nSPS) is 18.8. The van der Waals surface area contributed by atoms with Crippen LogP contribution in [0.15, 0.2) is 10.3 Å². The van der Waals surface area contributed by atoms with Crippen LogP contribution in [0.25, 0.3) is 0 Å². The largest absolute Gasteiger partial charge is 0.377 e. The minimum Gasteiger partial charge on any atom is -0.377 e. The van der Waals surface area contributed by atoms with Crippen LogP contribution >= 0.6 is 11.3 Å². The van der Waals surface area contributed by atoms with E-state index < -0.39 is 0 Å². The van der Waals surface area contributed by atoms with Crippen LogP contribution in [0.5, 0.6) is 0 Å². The van der Waals surface area contributed by atoms with E-state index in [1.807, 2.05) is 0 Å². The quantitative estimate of drug-likeness (QED) is 0.572. The maximum atomic E-state index is 10.9. The number of hydrogen-bond donors (Lipinski definition) is 0. The van der Waals surface area contributed by atoms with Crippen molar-refractivity contribution in [1.82, 2.24) is 9.78 Å². The van der Waals surface area contributed by atoms with Gasteiger partial charge in [0, 0.05) is 0 Å². The Balaban J connectivity index is 2.32. The molecule has 0 unspecified atom stereocenters. The van der Waals surface area contributed by atoms with Crippen LogP contribution < -0.4 is 4.87 Å². The van der Waals surface area contributed by atoms with Gasteiger partial charge in [-0.3, -0.25) is 4.79 Å². The Hall–Kier alpha value is -0.680. The molecule has 1 aromatic rings. The highest BCUT2D eigenvalue weighted by Crippen LogP contribution is 2.13. The summed E-state index contributed by atoms with van der Waals surface area (Å²) in [6.07, 6.45) is 0. The molecule has 1 aliphatic heterocycles. The van der Waals surface area contributed by atoms with E-state index >= 15 is 0 Å². The second kappa shape index (κ2) is 2.17. The van der Waals surface area contributed by atoms with E-state index in [0.29, 0.717) is 13.2 Å². The van der Waals surface area contributed by atoms with Crippen LogP contribution in [0.3, 0.4) is 0 Å². The van der Waals surface area contributed by atoms with Gasteiger partial charge in [0.15, 0.2) is 0 Å². The average molecular weight is 158 g/mol. The lowest BCUT2D eigenvalue weighted by Crippen LogP contribution is -2.36. The number of rotatable bonds is 1. The first kappa shape index (κ1) is 6.06. The SMILES string of the molecule is O=c1scnn1C1COC1. The third-order valence-electron chi connectivity index (χ3n) is 1.48. The fraction of sp³-hybridized carbons (Fsp3) is 0.600. The lowest BCUT2D eigenvalue weighted by atomic mass is 10.3. The van der Waals surface area contributed by atoms with Crippen molar-refractivity contribution in [3.63, 3.8) is 0 Å². The fourth-order valence-corrected chi connectivity index (χ4v) is 1.37. The highest BCUT2D eigenvalue weighted by atomic mass is 32.1. The van der Waals surface area contributed by atoms with Gasteiger partial charge in [-0.05, 0) is 0 Å². The summed E-state index contributed by atoms with van der Waals surface area (Å²) in [6, 6.07) is 0.193. The molecule has 2 rings (SSSR count). The third-order valence-corrected chi connectivity index (χ3v) is 2.07. The van der Waals surface area contributed by atoms with Crippen LogP contribution in [-0.2, 0) is 4.74 Å². The predicted molar refractivity (Wildman–Crippen MR) is 36.2 cm³/mol. The van der Waals surface area contributed by atoms with Gasteiger partial charge in [0.25, 0.3) is 0 Å². The standard InChI is InChI=1S/C5H6N2O2S/c8-5-7(6-3-10-5)4-1-9-2-4/h3-4H,1-2H2. The highest BCUT2D eigenvalue weighted by Gasteiger charge is 2.22. The molecule has 1 fully saturated rings. The Morgan fingerprint density at radius 3 is 3.00 bits per heavy atom. The summed E-state index contributed by atoms with van der Waals surface area (Å²) < 4.78 is 6.40. The zero-order valence-electron chi connectivity index (χ0n) is 5.19. The highest BCUT2D eigenvalue weighted by molar-refractivity contribution is 7.06. The zero-order valence-corrected chi connectivity index (χ0v) is 6.00. The summed E-state index contributed by atoms with van der Waals surface area (Å²) in [6.45, 7) is 1.26. The summed E-state index contributed by atoms with van der Waals surface area (Å²) >= 11 is 1.12. The van der Waals surface area contributed by atoms with E-state index in [1.54, 1.807) is 5.51 Å². The number of hydrogen-bond acceptors (Lipinski definition) is 4. The van der Waals surface area contributed by atoms with Gasteiger partial charge >= 0.3 is 4.87 Å². The van der Waals surface area contributed by atoms with Gasteiger partial charge in [-0.2, -0.15) is 5.10 Å². The van der Waals surface area contributed by atoms with Crippen molar-refractivity contribution >= 4 is 11.3 Å². The Labute approximate surface area is 61.1 Å². The predicted octanol–water partition coefficient (Wildman–Crippen LogP) is -0.124. The van der Waals surface area contributed by atoms with Crippen molar-refractivity contribution in [1.29, 1.82) is 0 Å². The lowest BCUT2D eigenvalue weighted by molar-refractivity contribution is -0.0298. The topological polar surface area (TPSA) is 44.1 Å². The van der Waals surface area contributed by atoms with Gasteiger partial charge < -0.3 is 4.74 Å². The molecule has 0 radical (unpaired) electrons. The second-order valence-corrected chi connectivity index (χ2v) is 2.94. The van der Waals surface area contributed by atoms with Gasteiger partial charge in [0.1, 0.15) is 11.6 Å². The van der Waals surface area contributed by atoms with Crippen LogP contribution in [-0.4, -0.2) is 23.0 Å². The van der Waals surface area contributed by atoms with E-state index in [1.165, 1.54) is 4.68 Å². The molecule has 1 saturated heterocycles. The first-order valence-corrected chi connectivity index (χ1v) is 3.86. The van der Waals surface area contributed by atoms with Crippen LogP contribution in [0.4, 0.5) is 0 Å². The molecule has 0 aliphatic carbocycles. The third kappa shape index (κ3) is 0.783. The Kier molecular flexibility index (Phi) is 1.32. The van der Waals surface area contributed by atoms with Crippen molar-refractivity contribution in [3.8, 4) is 0 Å². The number of aromatic nitrogens is 2. The molecule has 0 saturated carbocycles. The Morgan fingerprint density at radius 1 is 1.80 bits per heavy atom. The van der Waals surface area contributed by atoms with Crippen LogP contribution in [0.2, 0.25) is 0 Å². The molecule has 0 amide bonds. The van der Waals surface area contributed by atoms with Crippen LogP contribution in [0.1, 0.15) is 6.04 Å². The average Bonchev–Trinajstić information content (AvgIpc) is 2.12. The van der Waals surface area contributed by atoms with Crippen molar-refractivity contribution in [3.05, 3.63) is 15.2 Å². The van der Waals surface area contributed by atoms with Crippen molar-refractivity contribution in [2.75, 3.05) is 13.2 Å². The summed E-state index contributed by atoms with van der Waals surface area (Å²) in [5, 5.41) is 3.88. The summed E-state index contributed by atoms with van der Waals surface area (Å²) in [7, 11) is 0. The summed E-state index contributed by atoms with van der Waals surface area (Å²) in [5.41, 5.74) is 1.56. The van der Waals surface area contributed by atoms with Gasteiger partial charge in [-0.25, -0.2) is 4.68 Å². The van der Waals surface area contributed by atoms with E-state index in [2.05, 4.69) is 5.10 Å². The first-order chi connectivity index (χ1) is 4.88. The molecule has 1 aromatic heterocycles. The monoisotopic (exact) mass is 158 g/mol. The maximum absolute atomic E-state index is 10.9. The molecule has 0 atom stereocenters. The number of ether oxygens (including phenoxy) is 1. The maximum Gasteiger partial charge on any atom is 0.325 e. The van der Waals surface area contributed by atoms with Gasteiger partial charge in [-0.1, -0.05) is 11.3 Å². The zero-order chi connectivity index (χ0) is 6.97. The molecule has 0 spiro atoms. The lowest BCUT2D eigenvalue weighted by Gasteiger charge is -2.24. The molecule has 5 heteroatoms. The van der Waals surface area contributed by atoms with E-state index in [9.17, 15) is 4.79 Å². The van der Waals surface area contributed by atoms with Crippen molar-refractivity contribution in [2.24, 2.45) is 0 Å². The summed E-state index contributed by atoms with van der Waals surface area (Å²) in [5.74, 6) is 0. The van der Waals surface area contributed by atoms with Crippen molar-refractivity contribution < 1.29 is 4.74 Å². The minimum atomic E-state index is 0.00769.